The Morgan fingerprint density at radius 2 is 0.543 bits per heavy atom. The second-order valence-corrected chi connectivity index (χ2v) is 12.1. The van der Waals surface area contributed by atoms with E-state index >= 15 is 0 Å². The minimum atomic E-state index is 1.22. The van der Waals surface area contributed by atoms with Crippen molar-refractivity contribution in [2.45, 2.75) is 0 Å². The van der Waals surface area contributed by atoms with Crippen LogP contribution in [0.3, 0.4) is 0 Å². The standard InChI is InChI=1S/C46H30/c1-3-14-39-37(10-1)29-45(43-18-7-5-16-41(39)43)33-24-20-31(21-25-33)35-12-9-13-36(28-35)32-22-26-34(27-23-32)46-30-38-11-2-4-15-40(38)42-17-6-8-19-44(42)46/h1-30H. The highest BCUT2D eigenvalue weighted by Crippen LogP contribution is 2.38. The molecule has 0 radical (unpaired) electrons. The molecule has 0 heteroatoms. The Kier molecular flexibility index (Phi) is 6.25. The van der Waals surface area contributed by atoms with E-state index in [4.69, 9.17) is 0 Å². The molecular formula is C46H30. The fourth-order valence-electron chi connectivity index (χ4n) is 7.15. The van der Waals surface area contributed by atoms with E-state index in [2.05, 4.69) is 182 Å². The Bertz CT molecular complexity index is 2370. The second-order valence-electron chi connectivity index (χ2n) is 12.1. The van der Waals surface area contributed by atoms with Crippen LogP contribution in [0.2, 0.25) is 0 Å². The molecule has 0 N–H and O–H groups in total. The van der Waals surface area contributed by atoms with Crippen LogP contribution >= 0.6 is 0 Å². The Morgan fingerprint density at radius 3 is 0.978 bits per heavy atom. The zero-order valence-electron chi connectivity index (χ0n) is 25.3. The molecule has 9 aromatic rings. The van der Waals surface area contributed by atoms with Gasteiger partial charge in [-0.15, -0.1) is 0 Å². The normalized spacial score (nSPS) is 11.5. The summed E-state index contributed by atoms with van der Waals surface area (Å²) in [6.45, 7) is 0. The predicted molar refractivity (Wildman–Crippen MR) is 198 cm³/mol. The molecule has 0 nitrogen and oxygen atoms in total. The smallest absolute Gasteiger partial charge is 0.00990 e. The maximum absolute atomic E-state index is 2.33. The van der Waals surface area contributed by atoms with Crippen LogP contribution in [-0.4, -0.2) is 0 Å². The van der Waals surface area contributed by atoms with Gasteiger partial charge in [-0.05, 0) is 106 Å². The summed E-state index contributed by atoms with van der Waals surface area (Å²) in [5.41, 5.74) is 9.89. The lowest BCUT2D eigenvalue weighted by Gasteiger charge is -2.13. The minimum absolute atomic E-state index is 1.22. The van der Waals surface area contributed by atoms with Crippen LogP contribution in [0.1, 0.15) is 0 Å². The average Bonchev–Trinajstić information content (AvgIpc) is 3.14. The van der Waals surface area contributed by atoms with Gasteiger partial charge in [0.2, 0.25) is 0 Å². The van der Waals surface area contributed by atoms with Gasteiger partial charge in [0.25, 0.3) is 0 Å². The van der Waals surface area contributed by atoms with Gasteiger partial charge in [-0.25, -0.2) is 0 Å². The highest BCUT2D eigenvalue weighted by Gasteiger charge is 2.11. The monoisotopic (exact) mass is 582 g/mol. The number of rotatable bonds is 4. The first kappa shape index (κ1) is 26.4. The molecule has 0 aromatic heterocycles. The highest BCUT2D eigenvalue weighted by molar-refractivity contribution is 6.14. The fraction of sp³-hybridized carbons (Fsp3) is 0. The van der Waals surface area contributed by atoms with Crippen LogP contribution in [0.5, 0.6) is 0 Å². The molecular weight excluding hydrogens is 553 g/mol. The van der Waals surface area contributed by atoms with Crippen molar-refractivity contribution in [3.8, 4) is 44.5 Å². The second kappa shape index (κ2) is 10.9. The van der Waals surface area contributed by atoms with E-state index in [1.807, 2.05) is 0 Å². The molecule has 0 amide bonds. The van der Waals surface area contributed by atoms with Crippen LogP contribution in [0.25, 0.3) is 87.6 Å². The van der Waals surface area contributed by atoms with E-state index in [0.717, 1.165) is 0 Å². The summed E-state index contributed by atoms with van der Waals surface area (Å²) >= 11 is 0. The molecule has 0 spiro atoms. The maximum atomic E-state index is 2.33. The van der Waals surface area contributed by atoms with Crippen LogP contribution in [-0.2, 0) is 0 Å². The molecule has 9 aromatic carbocycles. The van der Waals surface area contributed by atoms with E-state index in [1.54, 1.807) is 0 Å². The Morgan fingerprint density at radius 1 is 0.196 bits per heavy atom. The molecule has 0 aliphatic rings. The molecule has 9 rings (SSSR count). The lowest BCUT2D eigenvalue weighted by molar-refractivity contribution is 1.58. The lowest BCUT2D eigenvalue weighted by atomic mass is 9.91. The van der Waals surface area contributed by atoms with Gasteiger partial charge in [-0.1, -0.05) is 164 Å². The molecule has 0 bridgehead atoms. The van der Waals surface area contributed by atoms with E-state index in [1.165, 1.54) is 87.6 Å². The summed E-state index contributed by atoms with van der Waals surface area (Å²) in [5.74, 6) is 0. The molecule has 0 saturated carbocycles. The first-order valence-corrected chi connectivity index (χ1v) is 15.9. The molecule has 0 aliphatic carbocycles. The van der Waals surface area contributed by atoms with Gasteiger partial charge in [0.1, 0.15) is 0 Å². The van der Waals surface area contributed by atoms with E-state index in [9.17, 15) is 0 Å². The summed E-state index contributed by atoms with van der Waals surface area (Å²) in [6.07, 6.45) is 0. The summed E-state index contributed by atoms with van der Waals surface area (Å²) in [4.78, 5) is 0. The van der Waals surface area contributed by atoms with Crippen LogP contribution in [0.15, 0.2) is 182 Å². The van der Waals surface area contributed by atoms with Crippen LogP contribution in [0.4, 0.5) is 0 Å². The summed E-state index contributed by atoms with van der Waals surface area (Å²) < 4.78 is 0. The van der Waals surface area contributed by atoms with Gasteiger partial charge in [-0.2, -0.15) is 0 Å². The van der Waals surface area contributed by atoms with Crippen molar-refractivity contribution in [1.82, 2.24) is 0 Å². The van der Waals surface area contributed by atoms with E-state index in [-0.39, 0.29) is 0 Å². The maximum Gasteiger partial charge on any atom is -0.00990 e. The zero-order valence-corrected chi connectivity index (χ0v) is 25.3. The van der Waals surface area contributed by atoms with Crippen molar-refractivity contribution in [3.05, 3.63) is 182 Å². The van der Waals surface area contributed by atoms with Crippen molar-refractivity contribution < 1.29 is 0 Å². The Labute approximate surface area is 268 Å². The number of benzene rings is 9. The molecule has 0 aliphatic heterocycles. The molecule has 46 heavy (non-hydrogen) atoms. The highest BCUT2D eigenvalue weighted by atomic mass is 14.1. The number of fused-ring (bicyclic) bond motifs is 6. The van der Waals surface area contributed by atoms with Crippen molar-refractivity contribution in [1.29, 1.82) is 0 Å². The molecule has 0 fully saturated rings. The van der Waals surface area contributed by atoms with Gasteiger partial charge in [0.15, 0.2) is 0 Å². The van der Waals surface area contributed by atoms with Gasteiger partial charge in [0.05, 0.1) is 0 Å². The zero-order chi connectivity index (χ0) is 30.5. The first-order chi connectivity index (χ1) is 22.8. The molecule has 214 valence electrons. The largest absolute Gasteiger partial charge is 0.0616 e. The predicted octanol–water partition coefficient (Wildman–Crippen LogP) is 13.0. The van der Waals surface area contributed by atoms with Crippen molar-refractivity contribution in [2.75, 3.05) is 0 Å². The average molecular weight is 583 g/mol. The lowest BCUT2D eigenvalue weighted by Crippen LogP contribution is -1.86. The van der Waals surface area contributed by atoms with E-state index < -0.39 is 0 Å². The van der Waals surface area contributed by atoms with Crippen molar-refractivity contribution >= 4 is 43.1 Å². The topological polar surface area (TPSA) is 0 Å². The third-order valence-corrected chi connectivity index (χ3v) is 9.46. The number of hydrogen-bond acceptors (Lipinski definition) is 0. The molecule has 0 heterocycles. The summed E-state index contributed by atoms with van der Waals surface area (Å²) in [5, 5.41) is 10.3. The first-order valence-electron chi connectivity index (χ1n) is 15.9. The molecule has 0 unspecified atom stereocenters. The van der Waals surface area contributed by atoms with Crippen LogP contribution in [0, 0.1) is 0 Å². The van der Waals surface area contributed by atoms with Crippen molar-refractivity contribution in [3.63, 3.8) is 0 Å². The van der Waals surface area contributed by atoms with E-state index in [0.29, 0.717) is 0 Å². The minimum Gasteiger partial charge on any atom is -0.0616 e. The third kappa shape index (κ3) is 4.47. The fourth-order valence-corrected chi connectivity index (χ4v) is 7.15. The van der Waals surface area contributed by atoms with Crippen molar-refractivity contribution in [2.24, 2.45) is 0 Å². The Balaban J connectivity index is 1.05. The number of hydrogen-bond donors (Lipinski definition) is 0. The molecule has 0 atom stereocenters. The van der Waals surface area contributed by atoms with Gasteiger partial charge < -0.3 is 0 Å². The van der Waals surface area contributed by atoms with Gasteiger partial charge in [0, 0.05) is 0 Å². The third-order valence-electron chi connectivity index (χ3n) is 9.46. The Hall–Kier alpha value is -5.98. The summed E-state index contributed by atoms with van der Waals surface area (Å²) in [7, 11) is 0. The van der Waals surface area contributed by atoms with Gasteiger partial charge in [-0.3, -0.25) is 0 Å². The quantitative estimate of drug-likeness (QED) is 0.181. The van der Waals surface area contributed by atoms with Gasteiger partial charge >= 0.3 is 0 Å². The molecule has 0 saturated heterocycles. The summed E-state index contributed by atoms with van der Waals surface area (Å²) in [6, 6.07) is 66.5. The SMILES string of the molecule is c1cc(-c2ccc(-c3cc4ccccc4c4ccccc34)cc2)cc(-c2ccc(-c3cc4ccccc4c4ccccc34)cc2)c1. The van der Waals surface area contributed by atoms with Crippen LogP contribution < -0.4 is 0 Å².